The molecule has 2 aromatic carbocycles. The molecule has 0 radical (unpaired) electrons. The maximum atomic E-state index is 10.7. The number of likely N-dealkylation sites (N-methyl/N-ethyl adjacent to an activating group) is 1. The number of hydrogen-bond donors (Lipinski definition) is 3. The van der Waals surface area contributed by atoms with E-state index in [1.807, 2.05) is 68.6 Å². The first-order valence-electron chi connectivity index (χ1n) is 7.40. The Kier molecular flexibility index (Phi) is 5.41. The average Bonchev–Trinajstić information content (AvgIpc) is 2.56. The molecule has 0 aliphatic heterocycles. The van der Waals surface area contributed by atoms with Gasteiger partial charge in [-0.3, -0.25) is 0 Å². The van der Waals surface area contributed by atoms with Crippen LogP contribution in [-0.4, -0.2) is 31.9 Å². The van der Waals surface area contributed by atoms with Gasteiger partial charge in [0.2, 0.25) is 0 Å². The topological polar surface area (TPSA) is 53.5 Å². The van der Waals surface area contributed by atoms with E-state index in [1.54, 1.807) is 7.11 Å². The van der Waals surface area contributed by atoms with Crippen molar-refractivity contribution in [3.05, 3.63) is 60.2 Å². The lowest BCUT2D eigenvalue weighted by molar-refractivity contribution is 0.105. The fraction of sp³-hybridized carbons (Fsp3) is 0.333. The first-order chi connectivity index (χ1) is 10.6. The molecule has 2 atom stereocenters. The van der Waals surface area contributed by atoms with Gasteiger partial charge in [0.25, 0.3) is 0 Å². The van der Waals surface area contributed by atoms with Gasteiger partial charge in [0, 0.05) is 12.2 Å². The summed E-state index contributed by atoms with van der Waals surface area (Å²) >= 11 is 0. The van der Waals surface area contributed by atoms with Crippen LogP contribution in [0, 0.1) is 0 Å². The van der Waals surface area contributed by atoms with E-state index in [1.165, 1.54) is 0 Å². The van der Waals surface area contributed by atoms with Crippen LogP contribution in [0.2, 0.25) is 0 Å². The molecule has 0 amide bonds. The lowest BCUT2D eigenvalue weighted by Gasteiger charge is -2.37. The molecular formula is C18H24N2O2. The molecule has 0 fully saturated rings. The molecular weight excluding hydrogens is 276 g/mol. The molecule has 4 nitrogen and oxygen atoms in total. The smallest absolute Gasteiger partial charge is 0.118 e. The standard InChI is InChI=1S/C18H24N2O2/c1-18(17(21)13-19-2,20-15-7-5-4-6-8-15)14-9-11-16(22-3)12-10-14/h4-12,17,19-21H,13H2,1-3H3. The third kappa shape index (κ3) is 3.59. The highest BCUT2D eigenvalue weighted by atomic mass is 16.5. The SMILES string of the molecule is CNCC(O)C(C)(Nc1ccccc1)c1ccc(OC)cc1. The zero-order valence-corrected chi connectivity index (χ0v) is 13.3. The Balaban J connectivity index is 2.35. The second kappa shape index (κ2) is 7.29. The normalized spacial score (nSPS) is 14.9. The highest BCUT2D eigenvalue weighted by molar-refractivity contribution is 5.48. The first-order valence-corrected chi connectivity index (χ1v) is 7.40. The Hall–Kier alpha value is -2.04. The maximum absolute atomic E-state index is 10.7. The number of hydrogen-bond acceptors (Lipinski definition) is 4. The summed E-state index contributed by atoms with van der Waals surface area (Å²) in [6.45, 7) is 2.49. The van der Waals surface area contributed by atoms with Gasteiger partial charge in [-0.25, -0.2) is 0 Å². The zero-order valence-electron chi connectivity index (χ0n) is 13.3. The Morgan fingerprint density at radius 1 is 1.09 bits per heavy atom. The van der Waals surface area contributed by atoms with Gasteiger partial charge in [0.15, 0.2) is 0 Å². The molecule has 4 heteroatoms. The molecule has 0 aromatic heterocycles. The molecule has 3 N–H and O–H groups in total. The molecule has 2 rings (SSSR count). The number of anilines is 1. The van der Waals surface area contributed by atoms with Gasteiger partial charge in [0.05, 0.1) is 18.8 Å². The number of aliphatic hydroxyl groups is 1. The van der Waals surface area contributed by atoms with Crippen LogP contribution in [0.25, 0.3) is 0 Å². The summed E-state index contributed by atoms with van der Waals surface area (Å²) in [7, 11) is 3.48. The van der Waals surface area contributed by atoms with Gasteiger partial charge in [0.1, 0.15) is 5.75 Å². The van der Waals surface area contributed by atoms with E-state index in [0.29, 0.717) is 6.54 Å². The van der Waals surface area contributed by atoms with Crippen molar-refractivity contribution in [1.82, 2.24) is 5.32 Å². The van der Waals surface area contributed by atoms with Crippen LogP contribution in [0.3, 0.4) is 0 Å². The van der Waals surface area contributed by atoms with Crippen LogP contribution in [0.5, 0.6) is 5.75 Å². The summed E-state index contributed by atoms with van der Waals surface area (Å²) in [4.78, 5) is 0. The van der Waals surface area contributed by atoms with E-state index >= 15 is 0 Å². The quantitative estimate of drug-likeness (QED) is 0.736. The van der Waals surface area contributed by atoms with Gasteiger partial charge in [-0.15, -0.1) is 0 Å². The van der Waals surface area contributed by atoms with Crippen molar-refractivity contribution in [3.8, 4) is 5.75 Å². The molecule has 2 aromatic rings. The lowest BCUT2D eigenvalue weighted by atomic mass is 9.85. The number of nitrogens with one attached hydrogen (secondary N) is 2. The molecule has 0 aliphatic rings. The summed E-state index contributed by atoms with van der Waals surface area (Å²) in [5.41, 5.74) is 1.35. The molecule has 0 heterocycles. The third-order valence-corrected chi connectivity index (χ3v) is 3.93. The highest BCUT2D eigenvalue weighted by Gasteiger charge is 2.34. The Morgan fingerprint density at radius 2 is 1.73 bits per heavy atom. The molecule has 0 spiro atoms. The maximum Gasteiger partial charge on any atom is 0.118 e. The predicted octanol–water partition coefficient (Wildman–Crippen LogP) is 2.60. The van der Waals surface area contributed by atoms with Gasteiger partial charge in [-0.2, -0.15) is 0 Å². The van der Waals surface area contributed by atoms with Crippen LogP contribution in [0.4, 0.5) is 5.69 Å². The summed E-state index contributed by atoms with van der Waals surface area (Å²) < 4.78 is 5.21. The molecule has 0 saturated heterocycles. The number of rotatable bonds is 7. The molecule has 118 valence electrons. The van der Waals surface area contributed by atoms with Gasteiger partial charge in [-0.1, -0.05) is 30.3 Å². The van der Waals surface area contributed by atoms with E-state index in [0.717, 1.165) is 17.0 Å². The van der Waals surface area contributed by atoms with Crippen LogP contribution < -0.4 is 15.4 Å². The van der Waals surface area contributed by atoms with Gasteiger partial charge < -0.3 is 20.5 Å². The van der Waals surface area contributed by atoms with Crippen molar-refractivity contribution < 1.29 is 9.84 Å². The molecule has 0 bridgehead atoms. The van der Waals surface area contributed by atoms with Crippen LogP contribution in [0.15, 0.2) is 54.6 Å². The van der Waals surface area contributed by atoms with Crippen molar-refractivity contribution in [2.24, 2.45) is 0 Å². The zero-order chi connectivity index (χ0) is 16.0. The molecule has 2 unspecified atom stereocenters. The van der Waals surface area contributed by atoms with Crippen LogP contribution >= 0.6 is 0 Å². The fourth-order valence-electron chi connectivity index (χ4n) is 2.50. The van der Waals surface area contributed by atoms with Crippen molar-refractivity contribution in [2.45, 2.75) is 18.6 Å². The van der Waals surface area contributed by atoms with E-state index in [2.05, 4.69) is 10.6 Å². The Labute approximate surface area is 132 Å². The molecule has 0 aliphatic carbocycles. The summed E-state index contributed by atoms with van der Waals surface area (Å²) in [6, 6.07) is 17.7. The number of ether oxygens (including phenoxy) is 1. The Morgan fingerprint density at radius 3 is 2.27 bits per heavy atom. The summed E-state index contributed by atoms with van der Waals surface area (Å²) in [5.74, 6) is 0.800. The largest absolute Gasteiger partial charge is 0.497 e. The average molecular weight is 300 g/mol. The highest BCUT2D eigenvalue weighted by Crippen LogP contribution is 2.30. The second-order valence-electron chi connectivity index (χ2n) is 5.50. The summed E-state index contributed by atoms with van der Waals surface area (Å²) in [6.07, 6.45) is -0.592. The van der Waals surface area contributed by atoms with Crippen molar-refractivity contribution in [3.63, 3.8) is 0 Å². The predicted molar refractivity (Wildman–Crippen MR) is 90.3 cm³/mol. The second-order valence-corrected chi connectivity index (χ2v) is 5.50. The minimum absolute atomic E-state index is 0.488. The van der Waals surface area contributed by atoms with E-state index < -0.39 is 11.6 Å². The first kappa shape index (κ1) is 16.3. The minimum Gasteiger partial charge on any atom is -0.497 e. The van der Waals surface area contributed by atoms with E-state index in [4.69, 9.17) is 4.74 Å². The molecule has 22 heavy (non-hydrogen) atoms. The third-order valence-electron chi connectivity index (χ3n) is 3.93. The fourth-order valence-corrected chi connectivity index (χ4v) is 2.50. The van der Waals surface area contributed by atoms with E-state index in [-0.39, 0.29) is 0 Å². The Bertz CT molecular complexity index is 571. The number of aliphatic hydroxyl groups excluding tert-OH is 1. The van der Waals surface area contributed by atoms with Crippen LogP contribution in [-0.2, 0) is 5.54 Å². The van der Waals surface area contributed by atoms with Crippen LogP contribution in [0.1, 0.15) is 12.5 Å². The minimum atomic E-state index is -0.614. The molecule has 0 saturated carbocycles. The monoisotopic (exact) mass is 300 g/mol. The number of benzene rings is 2. The number of methoxy groups -OCH3 is 1. The number of para-hydroxylation sites is 1. The lowest BCUT2D eigenvalue weighted by Crippen LogP contribution is -2.48. The van der Waals surface area contributed by atoms with Crippen molar-refractivity contribution >= 4 is 5.69 Å². The van der Waals surface area contributed by atoms with Crippen molar-refractivity contribution in [2.75, 3.05) is 26.0 Å². The summed E-state index contributed by atoms with van der Waals surface area (Å²) in [5, 5.41) is 17.2. The van der Waals surface area contributed by atoms with E-state index in [9.17, 15) is 5.11 Å². The van der Waals surface area contributed by atoms with Crippen molar-refractivity contribution in [1.29, 1.82) is 0 Å². The van der Waals surface area contributed by atoms with Gasteiger partial charge >= 0.3 is 0 Å². The van der Waals surface area contributed by atoms with Gasteiger partial charge in [-0.05, 0) is 43.8 Å².